The lowest BCUT2D eigenvalue weighted by Gasteiger charge is -1.98. The highest BCUT2D eigenvalue weighted by atomic mass is 79.9. The molecule has 2 aromatic rings. The molecule has 0 N–H and O–H groups in total. The second kappa shape index (κ2) is 5.95. The monoisotopic (exact) mass is 361 g/mol. The number of carbonyl (C=O) groups excluding carboxylic acids is 1. The number of oxime groups is 1. The minimum Gasteiger partial charge on any atom is -0.312 e. The molecule has 1 aromatic carbocycles. The van der Waals surface area contributed by atoms with Crippen LogP contribution in [0.3, 0.4) is 0 Å². The van der Waals surface area contributed by atoms with Gasteiger partial charge in [0.1, 0.15) is 5.71 Å². The molecule has 0 aliphatic carbocycles. The summed E-state index contributed by atoms with van der Waals surface area (Å²) in [7, 11) is 0. The molecule has 21 heavy (non-hydrogen) atoms. The molecule has 1 aliphatic heterocycles. The van der Waals surface area contributed by atoms with Crippen LogP contribution in [0.25, 0.3) is 6.08 Å². The zero-order chi connectivity index (χ0) is 14.8. The number of nitrogens with zero attached hydrogens (tertiary/aromatic N) is 1. The van der Waals surface area contributed by atoms with Crippen molar-refractivity contribution in [3.05, 3.63) is 61.8 Å². The van der Waals surface area contributed by atoms with Crippen LogP contribution in [-0.4, -0.2) is 11.7 Å². The van der Waals surface area contributed by atoms with Gasteiger partial charge in [0.05, 0.1) is 5.57 Å². The molecule has 3 rings (SSSR count). The van der Waals surface area contributed by atoms with Gasteiger partial charge < -0.3 is 4.84 Å². The number of thiophene rings is 1. The van der Waals surface area contributed by atoms with E-state index < -0.39 is 5.97 Å². The van der Waals surface area contributed by atoms with Crippen molar-refractivity contribution < 1.29 is 9.63 Å². The summed E-state index contributed by atoms with van der Waals surface area (Å²) in [6.45, 7) is 2.11. The van der Waals surface area contributed by atoms with Crippen molar-refractivity contribution in [1.29, 1.82) is 0 Å². The quantitative estimate of drug-likeness (QED) is 0.599. The minimum atomic E-state index is -0.406. The first-order valence-electron chi connectivity index (χ1n) is 6.54. The summed E-state index contributed by atoms with van der Waals surface area (Å²) in [5.74, 6) is -0.406. The highest BCUT2D eigenvalue weighted by Crippen LogP contribution is 2.30. The number of carbonyl (C=O) groups is 1. The Hall–Kier alpha value is -1.72. The first kappa shape index (κ1) is 14.2. The van der Waals surface area contributed by atoms with Crippen molar-refractivity contribution in [2.45, 2.75) is 13.3 Å². The highest BCUT2D eigenvalue weighted by Gasteiger charge is 2.26. The Labute approximate surface area is 135 Å². The summed E-state index contributed by atoms with van der Waals surface area (Å²) in [5.41, 5.74) is 1.96. The van der Waals surface area contributed by atoms with E-state index in [1.54, 1.807) is 11.3 Å². The van der Waals surface area contributed by atoms with Crippen molar-refractivity contribution in [1.82, 2.24) is 0 Å². The number of rotatable bonds is 3. The molecule has 0 atom stereocenters. The Balaban J connectivity index is 2.00. The average molecular weight is 362 g/mol. The molecule has 0 saturated carbocycles. The Morgan fingerprint density at radius 2 is 2.10 bits per heavy atom. The van der Waals surface area contributed by atoms with Gasteiger partial charge in [-0.05, 0) is 34.5 Å². The van der Waals surface area contributed by atoms with Crippen LogP contribution in [0.5, 0.6) is 0 Å². The maximum absolute atomic E-state index is 11.9. The first-order valence-corrected chi connectivity index (χ1v) is 8.15. The van der Waals surface area contributed by atoms with Crippen molar-refractivity contribution >= 4 is 45.0 Å². The van der Waals surface area contributed by atoms with E-state index in [1.165, 1.54) is 4.88 Å². The van der Waals surface area contributed by atoms with Gasteiger partial charge in [0.2, 0.25) is 0 Å². The van der Waals surface area contributed by atoms with Crippen molar-refractivity contribution in [3.63, 3.8) is 0 Å². The molecule has 0 fully saturated rings. The zero-order valence-electron chi connectivity index (χ0n) is 11.3. The molecule has 0 spiro atoms. The third kappa shape index (κ3) is 2.84. The van der Waals surface area contributed by atoms with Crippen LogP contribution in [0.4, 0.5) is 0 Å². The number of aryl methyl sites for hydroxylation is 1. The van der Waals surface area contributed by atoms with E-state index in [0.717, 1.165) is 21.3 Å². The van der Waals surface area contributed by atoms with E-state index in [4.69, 9.17) is 4.84 Å². The summed E-state index contributed by atoms with van der Waals surface area (Å²) < 4.78 is 1.08. The fourth-order valence-corrected chi connectivity index (χ4v) is 3.95. The summed E-state index contributed by atoms with van der Waals surface area (Å²) in [5, 5.41) is 3.91. The number of halogens is 1. The fraction of sp³-hybridized carbons (Fsp3) is 0.125. The second-order valence-electron chi connectivity index (χ2n) is 4.52. The van der Waals surface area contributed by atoms with E-state index in [0.29, 0.717) is 11.3 Å². The average Bonchev–Trinajstić information content (AvgIpc) is 3.04. The van der Waals surface area contributed by atoms with Gasteiger partial charge >= 0.3 is 5.97 Å². The normalized spacial score (nSPS) is 16.2. The summed E-state index contributed by atoms with van der Waals surface area (Å²) in [4.78, 5) is 19.0. The number of benzene rings is 1. The third-order valence-electron chi connectivity index (χ3n) is 3.13. The number of hydrogen-bond acceptors (Lipinski definition) is 4. The van der Waals surface area contributed by atoms with Crippen LogP contribution in [-0.2, 0) is 16.1 Å². The minimum absolute atomic E-state index is 0.406. The van der Waals surface area contributed by atoms with Crippen LogP contribution >= 0.6 is 27.3 Å². The Bertz CT molecular complexity index is 747. The van der Waals surface area contributed by atoms with Crippen LogP contribution in [0, 0.1) is 0 Å². The molecule has 0 unspecified atom stereocenters. The van der Waals surface area contributed by atoms with Crippen LogP contribution in [0.15, 0.2) is 51.6 Å². The van der Waals surface area contributed by atoms with E-state index >= 15 is 0 Å². The van der Waals surface area contributed by atoms with E-state index in [9.17, 15) is 4.79 Å². The SMILES string of the molecule is CCc1sc(C=C2C(=O)ON=C2c2ccccc2)cc1Br. The Morgan fingerprint density at radius 1 is 1.33 bits per heavy atom. The third-order valence-corrected chi connectivity index (χ3v) is 5.32. The standard InChI is InChI=1S/C16H12BrNO2S/c1-2-14-13(17)9-11(21-14)8-12-15(18-20-16(12)19)10-6-4-3-5-7-10/h3-9H,2H2,1H3. The molecule has 0 radical (unpaired) electrons. The predicted molar refractivity (Wildman–Crippen MR) is 88.4 cm³/mol. The lowest BCUT2D eigenvalue weighted by molar-refractivity contribution is -0.136. The Morgan fingerprint density at radius 3 is 2.76 bits per heavy atom. The summed E-state index contributed by atoms with van der Waals surface area (Å²) in [6.07, 6.45) is 2.80. The number of hydrogen-bond donors (Lipinski definition) is 0. The van der Waals surface area contributed by atoms with Gasteiger partial charge in [-0.25, -0.2) is 4.79 Å². The van der Waals surface area contributed by atoms with Gasteiger partial charge in [0.15, 0.2) is 0 Å². The maximum Gasteiger partial charge on any atom is 0.368 e. The molecule has 1 aliphatic rings. The van der Waals surface area contributed by atoms with Crippen molar-refractivity contribution in [2.75, 3.05) is 0 Å². The molecule has 0 saturated heterocycles. The highest BCUT2D eigenvalue weighted by molar-refractivity contribution is 9.10. The van der Waals surface area contributed by atoms with Gasteiger partial charge in [-0.2, -0.15) is 0 Å². The fourth-order valence-electron chi connectivity index (χ4n) is 2.09. The molecule has 0 amide bonds. The molecule has 106 valence electrons. The molecule has 0 bridgehead atoms. The van der Waals surface area contributed by atoms with Crippen molar-refractivity contribution in [2.24, 2.45) is 5.16 Å². The molecular weight excluding hydrogens is 350 g/mol. The van der Waals surface area contributed by atoms with E-state index in [-0.39, 0.29) is 0 Å². The molecule has 1 aromatic heterocycles. The lowest BCUT2D eigenvalue weighted by Crippen LogP contribution is -2.06. The zero-order valence-corrected chi connectivity index (χ0v) is 13.7. The maximum atomic E-state index is 11.9. The van der Waals surface area contributed by atoms with Crippen LogP contribution < -0.4 is 0 Å². The predicted octanol–water partition coefficient (Wildman–Crippen LogP) is 4.42. The molecular formula is C16H12BrNO2S. The van der Waals surface area contributed by atoms with E-state index in [2.05, 4.69) is 28.0 Å². The van der Waals surface area contributed by atoms with Crippen LogP contribution in [0.1, 0.15) is 22.2 Å². The molecule has 3 nitrogen and oxygen atoms in total. The van der Waals surface area contributed by atoms with Crippen LogP contribution in [0.2, 0.25) is 0 Å². The van der Waals surface area contributed by atoms with Gasteiger partial charge in [-0.1, -0.05) is 42.4 Å². The van der Waals surface area contributed by atoms with Gasteiger partial charge in [0, 0.05) is 19.8 Å². The first-order chi connectivity index (χ1) is 10.2. The van der Waals surface area contributed by atoms with Gasteiger partial charge in [-0.3, -0.25) is 0 Å². The largest absolute Gasteiger partial charge is 0.368 e. The lowest BCUT2D eigenvalue weighted by atomic mass is 10.0. The molecule has 5 heteroatoms. The van der Waals surface area contributed by atoms with Crippen molar-refractivity contribution in [3.8, 4) is 0 Å². The summed E-state index contributed by atoms with van der Waals surface area (Å²) in [6, 6.07) is 11.6. The van der Waals surface area contributed by atoms with Gasteiger partial charge in [0.25, 0.3) is 0 Å². The topological polar surface area (TPSA) is 38.7 Å². The summed E-state index contributed by atoms with van der Waals surface area (Å²) >= 11 is 5.20. The Kier molecular flexibility index (Phi) is 4.03. The second-order valence-corrected chi connectivity index (χ2v) is 6.54. The molecule has 2 heterocycles. The van der Waals surface area contributed by atoms with Gasteiger partial charge in [-0.15, -0.1) is 11.3 Å². The smallest absolute Gasteiger partial charge is 0.312 e. The van der Waals surface area contributed by atoms with E-state index in [1.807, 2.05) is 42.5 Å².